The molecule has 148 valence electrons. The van der Waals surface area contributed by atoms with Crippen molar-refractivity contribution in [2.45, 2.75) is 18.8 Å². The molecule has 5 nitrogen and oxygen atoms in total. The Labute approximate surface area is 180 Å². The molecule has 0 fully saturated rings. The van der Waals surface area contributed by atoms with Crippen molar-refractivity contribution in [2.75, 3.05) is 20.5 Å². The van der Waals surface area contributed by atoms with Crippen LogP contribution in [0.4, 0.5) is 4.39 Å². The van der Waals surface area contributed by atoms with Crippen LogP contribution in [0.1, 0.15) is 16.7 Å². The van der Waals surface area contributed by atoms with Crippen molar-refractivity contribution in [3.05, 3.63) is 58.9 Å². The topological polar surface area (TPSA) is 68.9 Å². The van der Waals surface area contributed by atoms with Crippen molar-refractivity contribution in [3.8, 4) is 11.5 Å². The smallest absolute Gasteiger partial charge is 0.189 e. The summed E-state index contributed by atoms with van der Waals surface area (Å²) in [5.74, 6) is 2.17. The first-order chi connectivity index (χ1) is 12.6. The van der Waals surface area contributed by atoms with E-state index >= 15 is 0 Å². The summed E-state index contributed by atoms with van der Waals surface area (Å²) in [5.41, 5.74) is 8.87. The summed E-state index contributed by atoms with van der Waals surface area (Å²) in [5, 5.41) is 3.08. The molecule has 0 aromatic heterocycles. The van der Waals surface area contributed by atoms with Crippen LogP contribution in [0.2, 0.25) is 0 Å². The van der Waals surface area contributed by atoms with E-state index in [4.69, 9.17) is 15.2 Å². The summed E-state index contributed by atoms with van der Waals surface area (Å²) in [4.78, 5) is 4.34. The van der Waals surface area contributed by atoms with Gasteiger partial charge >= 0.3 is 0 Å². The Morgan fingerprint density at radius 1 is 1.11 bits per heavy atom. The molecule has 0 amide bonds. The number of nitrogens with two attached hydrogens (primary N) is 1. The minimum absolute atomic E-state index is 0. The van der Waals surface area contributed by atoms with Crippen molar-refractivity contribution in [3.63, 3.8) is 0 Å². The molecule has 0 spiro atoms. The summed E-state index contributed by atoms with van der Waals surface area (Å²) < 4.78 is 23.9. The van der Waals surface area contributed by atoms with Crippen molar-refractivity contribution in [2.24, 2.45) is 10.7 Å². The maximum Gasteiger partial charge on any atom is 0.189 e. The molecule has 0 aliphatic carbocycles. The van der Waals surface area contributed by atoms with Gasteiger partial charge in [-0.3, -0.25) is 0 Å². The van der Waals surface area contributed by atoms with Crippen molar-refractivity contribution < 1.29 is 13.9 Å². The largest absolute Gasteiger partial charge is 0.493 e. The van der Waals surface area contributed by atoms with Gasteiger partial charge in [-0.2, -0.15) is 11.8 Å². The molecule has 0 unspecified atom stereocenters. The van der Waals surface area contributed by atoms with Gasteiger partial charge < -0.3 is 20.5 Å². The minimum Gasteiger partial charge on any atom is -0.493 e. The van der Waals surface area contributed by atoms with Gasteiger partial charge in [0.15, 0.2) is 17.5 Å². The molecule has 0 heterocycles. The highest BCUT2D eigenvalue weighted by Crippen LogP contribution is 2.27. The van der Waals surface area contributed by atoms with E-state index < -0.39 is 0 Å². The van der Waals surface area contributed by atoms with Crippen molar-refractivity contribution >= 4 is 41.7 Å². The van der Waals surface area contributed by atoms with Gasteiger partial charge in [0.2, 0.25) is 0 Å². The van der Waals surface area contributed by atoms with Gasteiger partial charge in [-0.15, -0.1) is 24.0 Å². The van der Waals surface area contributed by atoms with Crippen LogP contribution in [0.5, 0.6) is 11.5 Å². The second-order valence-electron chi connectivity index (χ2n) is 5.59. The molecule has 2 rings (SSSR count). The minimum atomic E-state index is -0.229. The molecule has 3 N–H and O–H groups in total. The van der Waals surface area contributed by atoms with Crippen LogP contribution in [0, 0.1) is 5.82 Å². The number of thioether (sulfide) groups is 1. The summed E-state index contributed by atoms with van der Waals surface area (Å²) in [7, 11) is 3.19. The molecular formula is C19H25FIN3O2S. The first kappa shape index (κ1) is 23.4. The lowest BCUT2D eigenvalue weighted by molar-refractivity contribution is 0.354. The van der Waals surface area contributed by atoms with Gasteiger partial charge in [0.1, 0.15) is 5.82 Å². The zero-order chi connectivity index (χ0) is 18.9. The van der Waals surface area contributed by atoms with Crippen LogP contribution in [0.25, 0.3) is 0 Å². The number of ether oxygens (including phenoxy) is 2. The third-order valence-electron chi connectivity index (χ3n) is 3.81. The van der Waals surface area contributed by atoms with E-state index in [-0.39, 0.29) is 29.8 Å². The Kier molecular flexibility index (Phi) is 10.3. The van der Waals surface area contributed by atoms with Gasteiger partial charge in [-0.25, -0.2) is 9.38 Å². The number of hydrogen-bond donors (Lipinski definition) is 2. The summed E-state index contributed by atoms with van der Waals surface area (Å²) in [6.45, 7) is 0.914. The Morgan fingerprint density at radius 3 is 2.52 bits per heavy atom. The van der Waals surface area contributed by atoms with E-state index in [0.717, 1.165) is 22.4 Å². The highest BCUT2D eigenvalue weighted by atomic mass is 127. The standard InChI is InChI=1S/C19H24FN3O2S.HI/c1-24-17-7-4-13(8-18(17)25-2)10-22-19(21)23-11-14-5-6-16(20)9-15(14)12-26-3;/h4-9H,10-12H2,1-3H3,(H3,21,22,23);1H. The number of aliphatic imine (C=N–C) groups is 1. The molecule has 2 aromatic carbocycles. The third kappa shape index (κ3) is 7.10. The monoisotopic (exact) mass is 505 g/mol. The maximum atomic E-state index is 13.4. The fourth-order valence-corrected chi connectivity index (χ4v) is 3.03. The van der Waals surface area contributed by atoms with E-state index in [0.29, 0.717) is 30.5 Å². The maximum absolute atomic E-state index is 13.4. The average molecular weight is 505 g/mol. The van der Waals surface area contributed by atoms with Crippen LogP contribution in [0.15, 0.2) is 41.4 Å². The highest BCUT2D eigenvalue weighted by molar-refractivity contribution is 14.0. The predicted octanol–water partition coefficient (Wildman–Crippen LogP) is 3.93. The third-order valence-corrected chi connectivity index (χ3v) is 4.41. The van der Waals surface area contributed by atoms with E-state index in [2.05, 4.69) is 10.3 Å². The Balaban J connectivity index is 0.00000364. The van der Waals surface area contributed by atoms with Crippen molar-refractivity contribution in [1.82, 2.24) is 5.32 Å². The van der Waals surface area contributed by atoms with E-state index in [1.165, 1.54) is 6.07 Å². The molecule has 27 heavy (non-hydrogen) atoms. The lowest BCUT2D eigenvalue weighted by Gasteiger charge is -2.11. The molecule has 0 radical (unpaired) electrons. The molecule has 0 saturated heterocycles. The predicted molar refractivity (Wildman–Crippen MR) is 121 cm³/mol. The second-order valence-corrected chi connectivity index (χ2v) is 6.46. The zero-order valence-electron chi connectivity index (χ0n) is 15.6. The lowest BCUT2D eigenvalue weighted by Crippen LogP contribution is -2.31. The SMILES string of the molecule is COc1ccc(CN=C(N)NCc2ccc(F)cc2CSC)cc1OC.I. The number of nitrogens with one attached hydrogen (secondary N) is 1. The Hall–Kier alpha value is -1.68. The fraction of sp³-hybridized carbons (Fsp3) is 0.316. The summed E-state index contributed by atoms with van der Waals surface area (Å²) >= 11 is 1.65. The zero-order valence-corrected chi connectivity index (χ0v) is 18.8. The quantitative estimate of drug-likeness (QED) is 0.324. The average Bonchev–Trinajstić information content (AvgIpc) is 2.65. The molecule has 8 heteroatoms. The first-order valence-corrected chi connectivity index (χ1v) is 9.47. The molecule has 0 saturated carbocycles. The summed E-state index contributed by atoms with van der Waals surface area (Å²) in [6.07, 6.45) is 1.99. The van der Waals surface area contributed by atoms with E-state index in [1.54, 1.807) is 38.1 Å². The highest BCUT2D eigenvalue weighted by Gasteiger charge is 2.06. The van der Waals surface area contributed by atoms with E-state index in [1.807, 2.05) is 24.5 Å². The second kappa shape index (κ2) is 11.9. The van der Waals surface area contributed by atoms with Crippen molar-refractivity contribution in [1.29, 1.82) is 0 Å². The van der Waals surface area contributed by atoms with Gasteiger partial charge in [0.05, 0.1) is 20.8 Å². The number of halogens is 2. The number of nitrogens with zero attached hydrogens (tertiary/aromatic N) is 1. The molecule has 0 aliphatic heterocycles. The van der Waals surface area contributed by atoms with Gasteiger partial charge in [0, 0.05) is 12.3 Å². The van der Waals surface area contributed by atoms with E-state index in [9.17, 15) is 4.39 Å². The fourth-order valence-electron chi connectivity index (χ4n) is 2.45. The summed E-state index contributed by atoms with van der Waals surface area (Å²) in [6, 6.07) is 10.4. The molecule has 0 aliphatic rings. The number of methoxy groups -OCH3 is 2. The number of rotatable bonds is 8. The van der Waals surface area contributed by atoms with Gasteiger partial charge in [-0.1, -0.05) is 12.1 Å². The molecular weight excluding hydrogens is 480 g/mol. The number of benzene rings is 2. The normalized spacial score (nSPS) is 10.9. The lowest BCUT2D eigenvalue weighted by atomic mass is 10.1. The van der Waals surface area contributed by atoms with Gasteiger partial charge in [-0.05, 0) is 47.2 Å². The van der Waals surface area contributed by atoms with Crippen LogP contribution < -0.4 is 20.5 Å². The number of guanidine groups is 1. The first-order valence-electron chi connectivity index (χ1n) is 8.08. The molecule has 0 bridgehead atoms. The van der Waals surface area contributed by atoms with Crippen LogP contribution in [-0.2, 0) is 18.8 Å². The Bertz CT molecular complexity index is 775. The Morgan fingerprint density at radius 2 is 1.85 bits per heavy atom. The van der Waals surface area contributed by atoms with Gasteiger partial charge in [0.25, 0.3) is 0 Å². The number of hydrogen-bond acceptors (Lipinski definition) is 4. The van der Waals surface area contributed by atoms with Crippen LogP contribution in [-0.4, -0.2) is 26.4 Å². The molecule has 2 aromatic rings. The molecule has 0 atom stereocenters. The van der Waals surface area contributed by atoms with Crippen LogP contribution in [0.3, 0.4) is 0 Å². The van der Waals surface area contributed by atoms with Crippen LogP contribution >= 0.6 is 35.7 Å².